The summed E-state index contributed by atoms with van der Waals surface area (Å²) in [7, 11) is 1.62. The van der Waals surface area contributed by atoms with Crippen LogP contribution in [0.25, 0.3) is 10.9 Å². The lowest BCUT2D eigenvalue weighted by Crippen LogP contribution is -2.50. The summed E-state index contributed by atoms with van der Waals surface area (Å²) in [6.45, 7) is 2.77. The van der Waals surface area contributed by atoms with E-state index in [-0.39, 0.29) is 24.1 Å². The lowest BCUT2D eigenvalue weighted by atomic mass is 9.87. The molecule has 2 atom stereocenters. The SMILES string of the molecule is COc1ccc2cccc(C(NC[C@@H]3CN(c4ccc5c(c4)NC(=O)CS5)C(=O)O3)C3CNC3)c2n1. The van der Waals surface area contributed by atoms with Gasteiger partial charge in [-0.1, -0.05) is 18.2 Å². The first kappa shape index (κ1) is 23.1. The first-order valence-electron chi connectivity index (χ1n) is 12.0. The monoisotopic (exact) mass is 505 g/mol. The lowest BCUT2D eigenvalue weighted by Gasteiger charge is -2.36. The Morgan fingerprint density at radius 3 is 2.92 bits per heavy atom. The molecule has 2 amide bonds. The van der Waals surface area contributed by atoms with E-state index < -0.39 is 0 Å². The minimum absolute atomic E-state index is 0.0344. The molecule has 3 aliphatic rings. The number of para-hydroxylation sites is 1. The number of nitrogens with zero attached hydrogens (tertiary/aromatic N) is 2. The molecule has 1 unspecified atom stereocenters. The van der Waals surface area contributed by atoms with Gasteiger partial charge in [0.05, 0.1) is 30.6 Å². The molecule has 0 spiro atoms. The number of hydrogen-bond acceptors (Lipinski definition) is 8. The molecule has 2 aromatic carbocycles. The summed E-state index contributed by atoms with van der Waals surface area (Å²) in [6, 6.07) is 15.8. The maximum atomic E-state index is 12.7. The molecule has 0 bridgehead atoms. The summed E-state index contributed by atoms with van der Waals surface area (Å²) in [4.78, 5) is 31.9. The van der Waals surface area contributed by atoms with Crippen LogP contribution in [0.5, 0.6) is 5.88 Å². The molecule has 0 radical (unpaired) electrons. The van der Waals surface area contributed by atoms with Gasteiger partial charge in [-0.2, -0.15) is 0 Å². The molecule has 0 aliphatic carbocycles. The van der Waals surface area contributed by atoms with Crippen LogP contribution in [0.2, 0.25) is 0 Å². The second-order valence-corrected chi connectivity index (χ2v) is 10.2. The van der Waals surface area contributed by atoms with Crippen molar-refractivity contribution in [2.45, 2.75) is 17.0 Å². The van der Waals surface area contributed by atoms with Gasteiger partial charge < -0.3 is 25.4 Å². The highest BCUT2D eigenvalue weighted by molar-refractivity contribution is 8.00. The Kier molecular flexibility index (Phi) is 6.16. The smallest absolute Gasteiger partial charge is 0.414 e. The zero-order valence-corrected chi connectivity index (χ0v) is 20.6. The zero-order chi connectivity index (χ0) is 24.6. The fraction of sp³-hybridized carbons (Fsp3) is 0.346. The van der Waals surface area contributed by atoms with E-state index >= 15 is 0 Å². The van der Waals surface area contributed by atoms with Crippen molar-refractivity contribution < 1.29 is 19.1 Å². The average molecular weight is 506 g/mol. The van der Waals surface area contributed by atoms with E-state index in [1.165, 1.54) is 11.8 Å². The van der Waals surface area contributed by atoms with Crippen molar-refractivity contribution in [3.05, 3.63) is 54.1 Å². The molecule has 36 heavy (non-hydrogen) atoms. The number of hydrogen-bond donors (Lipinski definition) is 3. The van der Waals surface area contributed by atoms with Gasteiger partial charge in [-0.05, 0) is 29.8 Å². The minimum Gasteiger partial charge on any atom is -0.481 e. The van der Waals surface area contributed by atoms with Crippen molar-refractivity contribution in [3.8, 4) is 5.88 Å². The largest absolute Gasteiger partial charge is 0.481 e. The number of aromatic nitrogens is 1. The minimum atomic E-state index is -0.380. The van der Waals surface area contributed by atoms with Crippen LogP contribution in [-0.4, -0.2) is 62.1 Å². The molecular formula is C26H27N5O4S. The number of rotatable bonds is 7. The van der Waals surface area contributed by atoms with Crippen molar-refractivity contribution in [2.24, 2.45) is 5.92 Å². The molecule has 6 rings (SSSR count). The second-order valence-electron chi connectivity index (χ2n) is 9.21. The van der Waals surface area contributed by atoms with E-state index in [1.807, 2.05) is 30.3 Å². The Hall–Kier alpha value is -3.34. The van der Waals surface area contributed by atoms with Gasteiger partial charge in [0.1, 0.15) is 6.10 Å². The van der Waals surface area contributed by atoms with Gasteiger partial charge in [0.15, 0.2) is 0 Å². The Bertz CT molecular complexity index is 1330. The maximum absolute atomic E-state index is 12.7. The van der Waals surface area contributed by atoms with E-state index in [9.17, 15) is 9.59 Å². The Morgan fingerprint density at radius 2 is 2.11 bits per heavy atom. The third-order valence-corrected chi connectivity index (χ3v) is 7.98. The molecule has 3 N–H and O–H groups in total. The van der Waals surface area contributed by atoms with Crippen LogP contribution in [-0.2, 0) is 9.53 Å². The molecule has 2 fully saturated rings. The van der Waals surface area contributed by atoms with Gasteiger partial charge in [-0.15, -0.1) is 11.8 Å². The van der Waals surface area contributed by atoms with Gasteiger partial charge in [-0.3, -0.25) is 9.69 Å². The predicted octanol–water partition coefficient (Wildman–Crippen LogP) is 3.16. The molecule has 10 heteroatoms. The molecule has 3 aromatic rings. The Morgan fingerprint density at radius 1 is 1.22 bits per heavy atom. The number of cyclic esters (lactones) is 1. The number of amides is 2. The summed E-state index contributed by atoms with van der Waals surface area (Å²) in [5, 5.41) is 11.0. The summed E-state index contributed by atoms with van der Waals surface area (Å²) in [6.07, 6.45) is -0.680. The van der Waals surface area contributed by atoms with Crippen LogP contribution in [0.4, 0.5) is 16.2 Å². The number of anilines is 2. The molecule has 1 aromatic heterocycles. The van der Waals surface area contributed by atoms with E-state index in [4.69, 9.17) is 14.5 Å². The van der Waals surface area contributed by atoms with Crippen molar-refractivity contribution in [1.29, 1.82) is 0 Å². The molecule has 0 saturated carbocycles. The lowest BCUT2D eigenvalue weighted by molar-refractivity contribution is -0.113. The van der Waals surface area contributed by atoms with Crippen LogP contribution in [0, 0.1) is 5.92 Å². The van der Waals surface area contributed by atoms with Crippen LogP contribution < -0.4 is 25.6 Å². The van der Waals surface area contributed by atoms with E-state index in [0.717, 1.165) is 40.1 Å². The summed E-state index contributed by atoms with van der Waals surface area (Å²) in [5.74, 6) is 1.36. The van der Waals surface area contributed by atoms with E-state index in [2.05, 4.69) is 34.1 Å². The van der Waals surface area contributed by atoms with E-state index in [1.54, 1.807) is 12.0 Å². The molecule has 2 saturated heterocycles. The normalized spacial score (nSPS) is 20.5. The number of fused-ring (bicyclic) bond motifs is 2. The number of nitrogens with one attached hydrogen (secondary N) is 3. The standard InChI is InChI=1S/C26H27N5O4S/c1-34-23-8-5-15-3-2-4-19(25(15)30-23)24(16-10-27-11-16)28-12-18-13-31(26(33)35-18)17-6-7-21-20(9-17)29-22(32)14-36-21/h2-9,16,18,24,27-28H,10-14H2,1H3,(H,29,32)/t18-,24?/m1/s1. The molecule has 186 valence electrons. The highest BCUT2D eigenvalue weighted by Gasteiger charge is 2.35. The predicted molar refractivity (Wildman–Crippen MR) is 139 cm³/mol. The fourth-order valence-electron chi connectivity index (χ4n) is 4.93. The van der Waals surface area contributed by atoms with Crippen LogP contribution >= 0.6 is 11.8 Å². The number of carbonyl (C=O) groups is 2. The van der Waals surface area contributed by atoms with Crippen molar-refractivity contribution in [1.82, 2.24) is 15.6 Å². The third kappa shape index (κ3) is 4.36. The molecular weight excluding hydrogens is 478 g/mol. The maximum Gasteiger partial charge on any atom is 0.414 e. The number of pyridine rings is 1. The van der Waals surface area contributed by atoms with E-state index in [0.29, 0.717) is 36.3 Å². The quantitative estimate of drug-likeness (QED) is 0.450. The van der Waals surface area contributed by atoms with Gasteiger partial charge >= 0.3 is 6.09 Å². The molecule has 4 heterocycles. The number of methoxy groups -OCH3 is 1. The Balaban J connectivity index is 1.19. The number of benzene rings is 2. The molecule has 3 aliphatic heterocycles. The van der Waals surface area contributed by atoms with Gasteiger partial charge in [-0.25, -0.2) is 9.78 Å². The first-order chi connectivity index (χ1) is 17.6. The number of ether oxygens (including phenoxy) is 2. The fourth-order valence-corrected chi connectivity index (χ4v) is 5.72. The second kappa shape index (κ2) is 9.61. The van der Waals surface area contributed by atoms with Gasteiger partial charge in [0.2, 0.25) is 11.8 Å². The number of thioether (sulfide) groups is 1. The van der Waals surface area contributed by atoms with Crippen LogP contribution in [0.1, 0.15) is 11.6 Å². The van der Waals surface area contributed by atoms with Crippen LogP contribution in [0.3, 0.4) is 0 Å². The first-order valence-corrected chi connectivity index (χ1v) is 13.0. The highest BCUT2D eigenvalue weighted by atomic mass is 32.2. The summed E-state index contributed by atoms with van der Waals surface area (Å²) >= 11 is 1.50. The zero-order valence-electron chi connectivity index (χ0n) is 19.8. The molecule has 9 nitrogen and oxygen atoms in total. The topological polar surface area (TPSA) is 105 Å². The summed E-state index contributed by atoms with van der Waals surface area (Å²) < 4.78 is 11.1. The van der Waals surface area contributed by atoms with Crippen molar-refractivity contribution in [2.75, 3.05) is 49.3 Å². The van der Waals surface area contributed by atoms with Crippen LogP contribution in [0.15, 0.2) is 53.4 Å². The summed E-state index contributed by atoms with van der Waals surface area (Å²) in [5.41, 5.74) is 3.48. The Labute approximate surface area is 212 Å². The third-order valence-electron chi connectivity index (χ3n) is 6.90. The van der Waals surface area contributed by atoms with Gasteiger partial charge in [0, 0.05) is 53.6 Å². The average Bonchev–Trinajstić information content (AvgIpc) is 3.24. The van der Waals surface area contributed by atoms with Crippen molar-refractivity contribution in [3.63, 3.8) is 0 Å². The highest BCUT2D eigenvalue weighted by Crippen LogP contribution is 2.36. The van der Waals surface area contributed by atoms with Gasteiger partial charge in [0.25, 0.3) is 0 Å². The number of carbonyl (C=O) groups excluding carboxylic acids is 2. The van der Waals surface area contributed by atoms with Crippen molar-refractivity contribution >= 4 is 46.0 Å².